The van der Waals surface area contributed by atoms with E-state index in [4.69, 9.17) is 4.74 Å². The number of rotatable bonds is 6. The van der Waals surface area contributed by atoms with Crippen LogP contribution in [0.4, 0.5) is 0 Å². The molecule has 2 rings (SSSR count). The van der Waals surface area contributed by atoms with E-state index in [1.54, 1.807) is 11.3 Å². The lowest BCUT2D eigenvalue weighted by molar-refractivity contribution is 0.303. The molecule has 0 aliphatic heterocycles. The second-order valence-electron chi connectivity index (χ2n) is 4.51. The minimum absolute atomic E-state index is 0.609. The van der Waals surface area contributed by atoms with E-state index in [2.05, 4.69) is 74.6 Å². The molecule has 0 unspecified atom stereocenters. The van der Waals surface area contributed by atoms with E-state index in [-0.39, 0.29) is 0 Å². The monoisotopic (exact) mass is 417 g/mol. The maximum atomic E-state index is 6.05. The van der Waals surface area contributed by atoms with Crippen molar-refractivity contribution in [2.45, 2.75) is 27.0 Å². The molecular formula is C15H17Br2NOS. The van der Waals surface area contributed by atoms with Crippen molar-refractivity contribution in [1.29, 1.82) is 0 Å². The van der Waals surface area contributed by atoms with Crippen LogP contribution >= 0.6 is 43.2 Å². The van der Waals surface area contributed by atoms with Crippen LogP contribution in [0.25, 0.3) is 0 Å². The lowest BCUT2D eigenvalue weighted by Gasteiger charge is -2.15. The highest BCUT2D eigenvalue weighted by Crippen LogP contribution is 2.30. The summed E-state index contributed by atoms with van der Waals surface area (Å²) in [6.07, 6.45) is 0. The van der Waals surface area contributed by atoms with Crippen LogP contribution in [0.1, 0.15) is 22.9 Å². The molecule has 0 saturated carbocycles. The lowest BCUT2D eigenvalue weighted by atomic mass is 10.1. The average molecular weight is 419 g/mol. The first-order valence-corrected chi connectivity index (χ1v) is 8.92. The molecule has 2 nitrogen and oxygen atoms in total. The predicted octanol–water partition coefficient (Wildman–Crippen LogP) is 5.27. The number of thiophene rings is 1. The maximum Gasteiger partial charge on any atom is 0.127 e. The van der Waals surface area contributed by atoms with Gasteiger partial charge >= 0.3 is 0 Å². The Morgan fingerprint density at radius 2 is 2.00 bits per heavy atom. The van der Waals surface area contributed by atoms with Crippen molar-refractivity contribution in [3.05, 3.63) is 48.5 Å². The van der Waals surface area contributed by atoms with Gasteiger partial charge in [-0.05, 0) is 53.2 Å². The summed E-state index contributed by atoms with van der Waals surface area (Å²) in [5.74, 6) is 0.985. The quantitative estimate of drug-likeness (QED) is 0.689. The van der Waals surface area contributed by atoms with Crippen molar-refractivity contribution in [3.8, 4) is 5.75 Å². The summed E-state index contributed by atoms with van der Waals surface area (Å²) in [6, 6.07) is 6.31. The van der Waals surface area contributed by atoms with Crippen LogP contribution in [-0.2, 0) is 13.2 Å². The summed E-state index contributed by atoms with van der Waals surface area (Å²) in [5.41, 5.74) is 2.34. The number of hydrogen-bond acceptors (Lipinski definition) is 3. The van der Waals surface area contributed by atoms with Gasteiger partial charge in [0.2, 0.25) is 0 Å². The summed E-state index contributed by atoms with van der Waals surface area (Å²) >= 11 is 8.73. The second kappa shape index (κ2) is 7.59. The SMILES string of the molecule is CCNCc1cc(Br)cc(C)c1OCc1cc(Br)cs1. The molecule has 0 amide bonds. The summed E-state index contributed by atoms with van der Waals surface area (Å²) in [5, 5.41) is 5.43. The highest BCUT2D eigenvalue weighted by molar-refractivity contribution is 9.10. The summed E-state index contributed by atoms with van der Waals surface area (Å²) in [6.45, 7) is 6.56. The molecular weight excluding hydrogens is 402 g/mol. The Morgan fingerprint density at radius 3 is 2.65 bits per heavy atom. The van der Waals surface area contributed by atoms with Gasteiger partial charge in [0.1, 0.15) is 12.4 Å². The molecule has 2 aromatic rings. The number of ether oxygens (including phenoxy) is 1. The van der Waals surface area contributed by atoms with Crippen molar-refractivity contribution >= 4 is 43.2 Å². The third-order valence-electron chi connectivity index (χ3n) is 2.86. The molecule has 108 valence electrons. The fourth-order valence-electron chi connectivity index (χ4n) is 1.97. The van der Waals surface area contributed by atoms with Gasteiger partial charge < -0.3 is 10.1 Å². The molecule has 0 aliphatic rings. The van der Waals surface area contributed by atoms with Crippen LogP contribution in [0, 0.1) is 6.92 Å². The molecule has 0 atom stereocenters. The highest BCUT2D eigenvalue weighted by atomic mass is 79.9. The van der Waals surface area contributed by atoms with Crippen molar-refractivity contribution < 1.29 is 4.74 Å². The Balaban J connectivity index is 2.16. The van der Waals surface area contributed by atoms with Crippen molar-refractivity contribution in [2.75, 3.05) is 6.54 Å². The normalized spacial score (nSPS) is 10.8. The van der Waals surface area contributed by atoms with E-state index in [1.807, 2.05) is 0 Å². The van der Waals surface area contributed by atoms with Crippen LogP contribution < -0.4 is 10.1 Å². The predicted molar refractivity (Wildman–Crippen MR) is 92.6 cm³/mol. The molecule has 0 spiro atoms. The smallest absolute Gasteiger partial charge is 0.127 e. The van der Waals surface area contributed by atoms with E-state index in [1.165, 1.54) is 10.4 Å². The fraction of sp³-hybridized carbons (Fsp3) is 0.333. The van der Waals surface area contributed by atoms with Crippen LogP contribution in [0.3, 0.4) is 0 Å². The molecule has 1 N–H and O–H groups in total. The average Bonchev–Trinajstić information content (AvgIpc) is 2.80. The standard InChI is InChI=1S/C15H17Br2NOS/c1-3-18-7-11-5-12(16)4-10(2)15(11)19-8-14-6-13(17)9-20-14/h4-6,9,18H,3,7-8H2,1-2H3. The summed E-state index contributed by atoms with van der Waals surface area (Å²) in [4.78, 5) is 1.22. The van der Waals surface area contributed by atoms with E-state index in [9.17, 15) is 0 Å². The molecule has 1 aromatic heterocycles. The molecule has 0 aliphatic carbocycles. The van der Waals surface area contributed by atoms with Crippen LogP contribution in [-0.4, -0.2) is 6.54 Å². The van der Waals surface area contributed by atoms with Crippen LogP contribution in [0.2, 0.25) is 0 Å². The molecule has 0 radical (unpaired) electrons. The molecule has 1 heterocycles. The zero-order chi connectivity index (χ0) is 14.5. The Hall–Kier alpha value is -0.360. The van der Waals surface area contributed by atoms with Gasteiger partial charge in [0.05, 0.1) is 0 Å². The van der Waals surface area contributed by atoms with Gasteiger partial charge in [0.25, 0.3) is 0 Å². The minimum atomic E-state index is 0.609. The van der Waals surface area contributed by atoms with Crippen molar-refractivity contribution in [1.82, 2.24) is 5.32 Å². The van der Waals surface area contributed by atoms with Crippen LogP contribution in [0.5, 0.6) is 5.75 Å². The zero-order valence-corrected chi connectivity index (χ0v) is 15.5. The molecule has 20 heavy (non-hydrogen) atoms. The topological polar surface area (TPSA) is 21.3 Å². The van der Waals surface area contributed by atoms with Gasteiger partial charge in [-0.1, -0.05) is 22.9 Å². The van der Waals surface area contributed by atoms with E-state index in [0.29, 0.717) is 6.61 Å². The maximum absolute atomic E-state index is 6.05. The summed E-state index contributed by atoms with van der Waals surface area (Å²) < 4.78 is 8.25. The molecule has 0 fully saturated rings. The first-order valence-electron chi connectivity index (χ1n) is 6.45. The molecule has 5 heteroatoms. The summed E-state index contributed by atoms with van der Waals surface area (Å²) in [7, 11) is 0. The Morgan fingerprint density at radius 1 is 1.20 bits per heavy atom. The van der Waals surface area contributed by atoms with Gasteiger partial charge in [0, 0.05) is 31.3 Å². The number of aryl methyl sites for hydroxylation is 1. The molecule has 0 saturated heterocycles. The third-order valence-corrected chi connectivity index (χ3v) is 4.99. The van der Waals surface area contributed by atoms with Gasteiger partial charge in [-0.15, -0.1) is 11.3 Å². The third kappa shape index (κ3) is 4.32. The number of hydrogen-bond donors (Lipinski definition) is 1. The largest absolute Gasteiger partial charge is 0.487 e. The molecule has 1 aromatic carbocycles. The minimum Gasteiger partial charge on any atom is -0.487 e. The van der Waals surface area contributed by atoms with E-state index in [0.717, 1.165) is 33.3 Å². The van der Waals surface area contributed by atoms with Gasteiger partial charge in [-0.25, -0.2) is 0 Å². The van der Waals surface area contributed by atoms with E-state index < -0.39 is 0 Å². The lowest BCUT2D eigenvalue weighted by Crippen LogP contribution is -2.13. The number of halogens is 2. The zero-order valence-electron chi connectivity index (χ0n) is 11.5. The van der Waals surface area contributed by atoms with E-state index >= 15 is 0 Å². The van der Waals surface area contributed by atoms with Crippen LogP contribution in [0.15, 0.2) is 32.5 Å². The molecule has 0 bridgehead atoms. The van der Waals surface area contributed by atoms with Crippen molar-refractivity contribution in [3.63, 3.8) is 0 Å². The second-order valence-corrected chi connectivity index (χ2v) is 7.34. The first-order chi connectivity index (χ1) is 9.60. The van der Waals surface area contributed by atoms with Crippen molar-refractivity contribution in [2.24, 2.45) is 0 Å². The fourth-order valence-corrected chi connectivity index (χ4v) is 3.95. The van der Waals surface area contributed by atoms with Gasteiger partial charge in [0.15, 0.2) is 0 Å². The number of benzene rings is 1. The highest BCUT2D eigenvalue weighted by Gasteiger charge is 2.10. The Bertz CT molecular complexity index is 583. The van der Waals surface area contributed by atoms with Gasteiger partial charge in [-0.2, -0.15) is 0 Å². The number of nitrogens with one attached hydrogen (secondary N) is 1. The Labute approximate surface area is 140 Å². The first kappa shape index (κ1) is 16.0. The van der Waals surface area contributed by atoms with Gasteiger partial charge in [-0.3, -0.25) is 0 Å². The Kier molecular flexibility index (Phi) is 6.08.